The predicted molar refractivity (Wildman–Crippen MR) is 141 cm³/mol. The molecule has 1 aliphatic carbocycles. The summed E-state index contributed by atoms with van der Waals surface area (Å²) in [6.45, 7) is 9.63. The lowest BCUT2D eigenvalue weighted by Gasteiger charge is -2.31. The number of ether oxygens (including phenoxy) is 2. The first-order valence-corrected chi connectivity index (χ1v) is 13.5. The van der Waals surface area contributed by atoms with E-state index in [1.165, 1.54) is 0 Å². The van der Waals surface area contributed by atoms with Crippen molar-refractivity contribution in [2.75, 3.05) is 31.1 Å². The summed E-state index contributed by atoms with van der Waals surface area (Å²) in [6, 6.07) is 14.2. The summed E-state index contributed by atoms with van der Waals surface area (Å²) in [5.41, 5.74) is 2.59. The number of alkyl carbamates (subject to hydrolysis) is 1. The Morgan fingerprint density at radius 1 is 1.08 bits per heavy atom. The summed E-state index contributed by atoms with van der Waals surface area (Å²) in [5, 5.41) is 3.04. The largest absolute Gasteiger partial charge is 0.445 e. The van der Waals surface area contributed by atoms with Crippen molar-refractivity contribution in [2.45, 2.75) is 64.7 Å². The number of nitrogens with zero attached hydrogens (tertiary/aromatic N) is 3. The Labute approximate surface area is 219 Å². The Morgan fingerprint density at radius 2 is 1.84 bits per heavy atom. The Balaban J connectivity index is 1.04. The van der Waals surface area contributed by atoms with Gasteiger partial charge in [0.1, 0.15) is 18.0 Å². The number of carbonyl (C=O) groups is 2. The second-order valence-corrected chi connectivity index (χ2v) is 11.4. The Bertz CT molecular complexity index is 1100. The van der Waals surface area contributed by atoms with Gasteiger partial charge in [-0.05, 0) is 82.0 Å². The number of benzene rings is 1. The van der Waals surface area contributed by atoms with E-state index in [0.29, 0.717) is 25.0 Å². The molecule has 0 spiro atoms. The normalized spacial score (nSPS) is 22.7. The molecular weight excluding hydrogens is 468 g/mol. The topological polar surface area (TPSA) is 84.0 Å². The summed E-state index contributed by atoms with van der Waals surface area (Å²) >= 11 is 0. The summed E-state index contributed by atoms with van der Waals surface area (Å²) in [4.78, 5) is 33.9. The number of anilines is 1. The number of pyridine rings is 1. The van der Waals surface area contributed by atoms with Gasteiger partial charge < -0.3 is 19.7 Å². The maximum atomic E-state index is 12.7. The zero-order valence-corrected chi connectivity index (χ0v) is 22.1. The number of rotatable bonds is 7. The molecule has 2 aromatic rings. The first-order chi connectivity index (χ1) is 17.8. The standard InChI is InChI=1S/C29H38N4O4/c1-29(2,3)37-28(35)33-16-7-11-21-13-14-22(30-26(21)33)12-8-15-32-17-23-24(18-32)25(23)31-27(34)36-19-20-9-5-4-6-10-20/h4-6,9-10,13-14,23-25H,7-8,11-12,15-19H2,1-3H3,(H,31,34)/t23-,24+,25?. The van der Waals surface area contributed by atoms with Crippen LogP contribution in [0.25, 0.3) is 0 Å². The highest BCUT2D eigenvalue weighted by Gasteiger charge is 2.56. The summed E-state index contributed by atoms with van der Waals surface area (Å²) in [6.07, 6.45) is 3.10. The van der Waals surface area contributed by atoms with Crippen LogP contribution < -0.4 is 10.2 Å². The fourth-order valence-corrected chi connectivity index (χ4v) is 5.51. The molecule has 8 heteroatoms. The van der Waals surface area contributed by atoms with Crippen molar-refractivity contribution < 1.29 is 19.1 Å². The third-order valence-corrected chi connectivity index (χ3v) is 7.39. The number of hydrogen-bond donors (Lipinski definition) is 1. The maximum Gasteiger partial charge on any atom is 0.416 e. The van der Waals surface area contributed by atoms with E-state index in [-0.39, 0.29) is 18.2 Å². The number of aromatic nitrogens is 1. The number of nitrogens with one attached hydrogen (secondary N) is 1. The first kappa shape index (κ1) is 25.5. The molecule has 2 aliphatic heterocycles. The van der Waals surface area contributed by atoms with Gasteiger partial charge in [-0.15, -0.1) is 0 Å². The number of aryl methyl sites for hydroxylation is 2. The predicted octanol–water partition coefficient (Wildman–Crippen LogP) is 4.56. The van der Waals surface area contributed by atoms with Gasteiger partial charge in [-0.3, -0.25) is 4.90 Å². The first-order valence-electron chi connectivity index (χ1n) is 13.5. The van der Waals surface area contributed by atoms with Gasteiger partial charge in [0.05, 0.1) is 0 Å². The van der Waals surface area contributed by atoms with Gasteiger partial charge in [-0.1, -0.05) is 36.4 Å². The van der Waals surface area contributed by atoms with Crippen molar-refractivity contribution in [1.29, 1.82) is 0 Å². The molecule has 198 valence electrons. The van der Waals surface area contributed by atoms with Crippen LogP contribution in [0.4, 0.5) is 15.4 Å². The molecule has 2 fully saturated rings. The molecule has 8 nitrogen and oxygen atoms in total. The number of likely N-dealkylation sites (tertiary alicyclic amines) is 1. The van der Waals surface area contributed by atoms with Gasteiger partial charge in [-0.2, -0.15) is 0 Å². The van der Waals surface area contributed by atoms with Crippen LogP contribution in [0.2, 0.25) is 0 Å². The van der Waals surface area contributed by atoms with Crippen LogP contribution >= 0.6 is 0 Å². The molecule has 1 N–H and O–H groups in total. The molecule has 3 heterocycles. The maximum absolute atomic E-state index is 12.7. The quantitative estimate of drug-likeness (QED) is 0.593. The highest BCUT2D eigenvalue weighted by atomic mass is 16.6. The van der Waals surface area contributed by atoms with E-state index in [0.717, 1.165) is 68.0 Å². The van der Waals surface area contributed by atoms with Crippen molar-refractivity contribution in [3.63, 3.8) is 0 Å². The molecular formula is C29H38N4O4. The van der Waals surface area contributed by atoms with Gasteiger partial charge in [0.15, 0.2) is 0 Å². The van der Waals surface area contributed by atoms with Gasteiger partial charge in [-0.25, -0.2) is 14.6 Å². The van der Waals surface area contributed by atoms with Crippen LogP contribution in [0.5, 0.6) is 0 Å². The van der Waals surface area contributed by atoms with E-state index in [2.05, 4.69) is 22.3 Å². The molecule has 3 atom stereocenters. The average molecular weight is 507 g/mol. The second-order valence-electron chi connectivity index (χ2n) is 11.4. The zero-order chi connectivity index (χ0) is 26.0. The number of carbonyl (C=O) groups excluding carboxylic acids is 2. The van der Waals surface area contributed by atoms with E-state index < -0.39 is 5.60 Å². The van der Waals surface area contributed by atoms with E-state index in [9.17, 15) is 9.59 Å². The van der Waals surface area contributed by atoms with Gasteiger partial charge in [0.25, 0.3) is 0 Å². The van der Waals surface area contributed by atoms with Crippen molar-refractivity contribution in [3.8, 4) is 0 Å². The van der Waals surface area contributed by atoms with E-state index in [1.807, 2.05) is 51.1 Å². The van der Waals surface area contributed by atoms with Crippen LogP contribution in [0.15, 0.2) is 42.5 Å². The number of fused-ring (bicyclic) bond motifs is 2. The molecule has 0 radical (unpaired) electrons. The Hall–Kier alpha value is -3.13. The zero-order valence-electron chi connectivity index (χ0n) is 22.1. The van der Waals surface area contributed by atoms with Crippen molar-refractivity contribution in [1.82, 2.24) is 15.2 Å². The van der Waals surface area contributed by atoms with Crippen molar-refractivity contribution in [2.24, 2.45) is 11.8 Å². The minimum Gasteiger partial charge on any atom is -0.445 e. The average Bonchev–Trinajstić information content (AvgIpc) is 3.29. The molecule has 2 amide bonds. The SMILES string of the molecule is CC(C)(C)OC(=O)N1CCCc2ccc(CCCN3C[C@@H]4C(NC(=O)OCc5ccccc5)[C@@H]4C3)nc21. The summed E-state index contributed by atoms with van der Waals surface area (Å²) in [5.74, 6) is 1.80. The van der Waals surface area contributed by atoms with Gasteiger partial charge in [0, 0.05) is 31.4 Å². The highest BCUT2D eigenvalue weighted by Crippen LogP contribution is 2.45. The molecule has 1 saturated heterocycles. The molecule has 1 aromatic heterocycles. The van der Waals surface area contributed by atoms with E-state index in [1.54, 1.807) is 4.90 Å². The van der Waals surface area contributed by atoms with Crippen LogP contribution in [0.3, 0.4) is 0 Å². The lowest BCUT2D eigenvalue weighted by atomic mass is 10.0. The van der Waals surface area contributed by atoms with Gasteiger partial charge in [0.2, 0.25) is 0 Å². The fraction of sp³-hybridized carbons (Fsp3) is 0.552. The van der Waals surface area contributed by atoms with Crippen LogP contribution in [0.1, 0.15) is 50.4 Å². The molecule has 5 rings (SSSR count). The van der Waals surface area contributed by atoms with Crippen LogP contribution in [0, 0.1) is 11.8 Å². The third-order valence-electron chi connectivity index (χ3n) is 7.39. The Kier molecular flexibility index (Phi) is 7.38. The van der Waals surface area contributed by atoms with Gasteiger partial charge >= 0.3 is 12.2 Å². The van der Waals surface area contributed by atoms with Crippen molar-refractivity contribution >= 4 is 18.0 Å². The monoisotopic (exact) mass is 506 g/mol. The molecule has 0 bridgehead atoms. The number of hydrogen-bond acceptors (Lipinski definition) is 6. The number of piperidine rings is 1. The highest BCUT2D eigenvalue weighted by molar-refractivity contribution is 5.88. The fourth-order valence-electron chi connectivity index (χ4n) is 5.51. The molecule has 37 heavy (non-hydrogen) atoms. The van der Waals surface area contributed by atoms with Crippen LogP contribution in [-0.4, -0.2) is 59.9 Å². The Morgan fingerprint density at radius 3 is 2.57 bits per heavy atom. The molecule has 1 unspecified atom stereocenters. The minimum atomic E-state index is -0.528. The number of amides is 2. The summed E-state index contributed by atoms with van der Waals surface area (Å²) in [7, 11) is 0. The van der Waals surface area contributed by atoms with Crippen molar-refractivity contribution in [3.05, 3.63) is 59.3 Å². The van der Waals surface area contributed by atoms with Crippen LogP contribution in [-0.2, 0) is 28.9 Å². The summed E-state index contributed by atoms with van der Waals surface area (Å²) < 4.78 is 11.0. The minimum absolute atomic E-state index is 0.237. The lowest BCUT2D eigenvalue weighted by molar-refractivity contribution is 0.0576. The molecule has 1 aromatic carbocycles. The van der Waals surface area contributed by atoms with E-state index >= 15 is 0 Å². The molecule has 3 aliphatic rings. The molecule has 1 saturated carbocycles. The second kappa shape index (κ2) is 10.7. The van der Waals surface area contributed by atoms with E-state index in [4.69, 9.17) is 14.5 Å². The lowest BCUT2D eigenvalue weighted by Crippen LogP contribution is -2.40. The third kappa shape index (κ3) is 6.42. The smallest absolute Gasteiger partial charge is 0.416 e.